The average Bonchev–Trinajstić information content (AvgIpc) is 2.15. The van der Waals surface area contributed by atoms with Crippen molar-refractivity contribution in [2.24, 2.45) is 0 Å². The Labute approximate surface area is 87.7 Å². The monoisotopic (exact) mass is 220 g/mol. The number of nitrogens with zero attached hydrogens (tertiary/aromatic N) is 2. The fourth-order valence-electron chi connectivity index (χ4n) is 1.03. The van der Waals surface area contributed by atoms with Crippen LogP contribution >= 0.6 is 0 Å². The molecule has 7 heteroatoms. The van der Waals surface area contributed by atoms with Crippen molar-refractivity contribution in [2.45, 2.75) is 39.0 Å². The highest BCUT2D eigenvalue weighted by Crippen LogP contribution is 2.03. The van der Waals surface area contributed by atoms with Crippen LogP contribution in [0.4, 0.5) is 4.79 Å². The van der Waals surface area contributed by atoms with Crippen molar-refractivity contribution in [2.75, 3.05) is 6.61 Å². The first-order valence-electron chi connectivity index (χ1n) is 4.89. The minimum atomic E-state index is -1.71. The maximum atomic E-state index is 10.3. The largest absolute Gasteiger partial charge is 0.495 e. The lowest BCUT2D eigenvalue weighted by atomic mass is 10.2. The number of unbranched alkanes of at least 4 members (excludes halogenated alkanes) is 4. The van der Waals surface area contributed by atoms with Crippen molar-refractivity contribution in [1.82, 2.24) is 5.17 Å². The molecule has 0 aromatic carbocycles. The van der Waals surface area contributed by atoms with Crippen molar-refractivity contribution in [3.63, 3.8) is 0 Å². The normalized spacial score (nSPS) is 9.93. The summed E-state index contributed by atoms with van der Waals surface area (Å²) in [6.07, 6.45) is 3.05. The number of amides is 1. The summed E-state index contributed by atoms with van der Waals surface area (Å²) >= 11 is 0. The minimum absolute atomic E-state index is 0.0526. The summed E-state index contributed by atoms with van der Waals surface area (Å²) in [5.41, 5.74) is 0. The molecule has 0 heterocycles. The van der Waals surface area contributed by atoms with Gasteiger partial charge in [0.15, 0.2) is 5.03 Å². The quantitative estimate of drug-likeness (QED) is 0.384. The zero-order chi connectivity index (χ0) is 11.7. The van der Waals surface area contributed by atoms with Crippen molar-refractivity contribution < 1.29 is 19.8 Å². The highest BCUT2D eigenvalue weighted by molar-refractivity contribution is 5.61. The van der Waals surface area contributed by atoms with E-state index in [9.17, 15) is 14.9 Å². The summed E-state index contributed by atoms with van der Waals surface area (Å²) in [5.74, 6) is 0. The predicted molar refractivity (Wildman–Crippen MR) is 51.6 cm³/mol. The van der Waals surface area contributed by atoms with Gasteiger partial charge in [-0.3, -0.25) is 0 Å². The van der Waals surface area contributed by atoms with E-state index in [-0.39, 0.29) is 11.8 Å². The first-order chi connectivity index (χ1) is 7.09. The fourth-order valence-corrected chi connectivity index (χ4v) is 1.03. The molecule has 0 radical (unpaired) electrons. The van der Waals surface area contributed by atoms with Gasteiger partial charge in [-0.25, -0.2) is 19.7 Å². The van der Waals surface area contributed by atoms with Crippen LogP contribution in [-0.4, -0.2) is 28.0 Å². The van der Waals surface area contributed by atoms with Gasteiger partial charge in [0.05, 0.1) is 6.61 Å². The Kier molecular flexibility index (Phi) is 7.25. The van der Waals surface area contributed by atoms with Gasteiger partial charge in [0.2, 0.25) is 0 Å². The summed E-state index contributed by atoms with van der Waals surface area (Å²) in [4.78, 5) is 24.9. The summed E-state index contributed by atoms with van der Waals surface area (Å²) < 4.78 is 0. The van der Waals surface area contributed by atoms with E-state index in [4.69, 9.17) is 5.11 Å². The minimum Gasteiger partial charge on any atom is -0.459 e. The summed E-state index contributed by atoms with van der Waals surface area (Å²) in [6.45, 7) is 2.13. The molecular weight excluding hydrogens is 204 g/mol. The number of carboxylic acid groups (broad SMARTS) is 1. The van der Waals surface area contributed by atoms with E-state index in [2.05, 4.69) is 11.8 Å². The van der Waals surface area contributed by atoms with Crippen LogP contribution in [0.2, 0.25) is 0 Å². The van der Waals surface area contributed by atoms with Gasteiger partial charge >= 0.3 is 6.09 Å². The molecule has 1 N–H and O–H groups in total. The first-order valence-corrected chi connectivity index (χ1v) is 4.89. The lowest BCUT2D eigenvalue weighted by Crippen LogP contribution is -2.35. The van der Waals surface area contributed by atoms with Gasteiger partial charge in [-0.15, -0.1) is 0 Å². The number of carbonyl (C=O) groups is 1. The SMILES string of the molecule is CCCCCCCON(C(=O)O)[N+](=O)[O-]. The van der Waals surface area contributed by atoms with Crippen molar-refractivity contribution in [3.05, 3.63) is 10.1 Å². The van der Waals surface area contributed by atoms with Crippen molar-refractivity contribution in [1.29, 1.82) is 0 Å². The number of hydrazine groups is 1. The van der Waals surface area contributed by atoms with Crippen LogP contribution < -0.4 is 0 Å². The zero-order valence-electron chi connectivity index (χ0n) is 8.72. The summed E-state index contributed by atoms with van der Waals surface area (Å²) in [6, 6.07) is 0. The highest BCUT2D eigenvalue weighted by atomic mass is 16.9. The van der Waals surface area contributed by atoms with Crippen LogP contribution in [0.25, 0.3) is 0 Å². The fraction of sp³-hybridized carbons (Fsp3) is 0.875. The molecule has 0 saturated heterocycles. The zero-order valence-corrected chi connectivity index (χ0v) is 8.72. The summed E-state index contributed by atoms with van der Waals surface area (Å²) in [7, 11) is 0. The molecule has 0 spiro atoms. The van der Waals surface area contributed by atoms with E-state index in [0.717, 1.165) is 25.7 Å². The lowest BCUT2D eigenvalue weighted by molar-refractivity contribution is -0.711. The van der Waals surface area contributed by atoms with Crippen LogP contribution in [0.15, 0.2) is 0 Å². The number of nitro groups is 1. The van der Waals surface area contributed by atoms with Gasteiger partial charge < -0.3 is 5.11 Å². The number of rotatable bonds is 8. The van der Waals surface area contributed by atoms with Crippen molar-refractivity contribution >= 4 is 6.09 Å². The van der Waals surface area contributed by atoms with Gasteiger partial charge in [-0.05, 0) is 6.42 Å². The molecule has 0 aliphatic heterocycles. The Morgan fingerprint density at radius 1 is 1.40 bits per heavy atom. The Morgan fingerprint density at radius 3 is 2.47 bits per heavy atom. The van der Waals surface area contributed by atoms with Crippen LogP contribution in [0.5, 0.6) is 0 Å². The molecule has 0 aromatic rings. The molecule has 15 heavy (non-hydrogen) atoms. The second-order valence-electron chi connectivity index (χ2n) is 3.04. The molecule has 0 bridgehead atoms. The molecule has 88 valence electrons. The Morgan fingerprint density at radius 2 is 2.00 bits per heavy atom. The molecule has 0 saturated carbocycles. The Hall–Kier alpha value is -1.37. The van der Waals surface area contributed by atoms with E-state index in [1.165, 1.54) is 0 Å². The third-order valence-corrected chi connectivity index (χ3v) is 1.77. The summed E-state index contributed by atoms with van der Waals surface area (Å²) in [5, 5.41) is 17.1. The smallest absolute Gasteiger partial charge is 0.459 e. The Balaban J connectivity index is 3.55. The lowest BCUT2D eigenvalue weighted by Gasteiger charge is -2.07. The maximum Gasteiger partial charge on any atom is 0.495 e. The molecule has 7 nitrogen and oxygen atoms in total. The van der Waals surface area contributed by atoms with E-state index < -0.39 is 11.1 Å². The van der Waals surface area contributed by atoms with Gasteiger partial charge in [0.25, 0.3) is 0 Å². The number of hydrogen-bond acceptors (Lipinski definition) is 4. The standard InChI is InChI=1S/C8H16N2O5/c1-2-3-4-5-6-7-15-9(8(11)12)10(13)14/h2-7H2,1H3,(H,11,12). The van der Waals surface area contributed by atoms with E-state index in [1.54, 1.807) is 0 Å². The van der Waals surface area contributed by atoms with E-state index in [0.29, 0.717) is 6.42 Å². The maximum absolute atomic E-state index is 10.3. The van der Waals surface area contributed by atoms with Crippen LogP contribution in [0, 0.1) is 10.1 Å². The molecule has 0 atom stereocenters. The third kappa shape index (κ3) is 6.67. The van der Waals surface area contributed by atoms with Crippen LogP contribution in [0.1, 0.15) is 39.0 Å². The highest BCUT2D eigenvalue weighted by Gasteiger charge is 2.24. The van der Waals surface area contributed by atoms with Crippen molar-refractivity contribution in [3.8, 4) is 0 Å². The Bertz CT molecular complexity index is 195. The molecule has 0 rings (SSSR count). The number of hydrogen-bond donors (Lipinski definition) is 1. The second-order valence-corrected chi connectivity index (χ2v) is 3.04. The molecule has 0 aromatic heterocycles. The van der Waals surface area contributed by atoms with Crippen LogP contribution in [0.3, 0.4) is 0 Å². The molecule has 0 unspecified atom stereocenters. The van der Waals surface area contributed by atoms with E-state index >= 15 is 0 Å². The van der Waals surface area contributed by atoms with Gasteiger partial charge in [0, 0.05) is 0 Å². The molecule has 0 aliphatic rings. The molecule has 1 amide bonds. The van der Waals surface area contributed by atoms with Crippen LogP contribution in [-0.2, 0) is 4.84 Å². The van der Waals surface area contributed by atoms with Gasteiger partial charge in [-0.2, -0.15) is 0 Å². The van der Waals surface area contributed by atoms with Gasteiger partial charge in [-0.1, -0.05) is 32.6 Å². The molecule has 0 fully saturated rings. The second kappa shape index (κ2) is 7.98. The average molecular weight is 220 g/mol. The topological polar surface area (TPSA) is 92.9 Å². The predicted octanol–water partition coefficient (Wildman–Crippen LogP) is 2.06. The molecular formula is C8H16N2O5. The van der Waals surface area contributed by atoms with Gasteiger partial charge in [0.1, 0.15) is 5.17 Å². The first kappa shape index (κ1) is 13.6. The van der Waals surface area contributed by atoms with E-state index in [1.807, 2.05) is 0 Å². The number of hydroxylamine groups is 1. The third-order valence-electron chi connectivity index (χ3n) is 1.77. The molecule has 0 aliphatic carbocycles.